The first-order valence-electron chi connectivity index (χ1n) is 9.81. The van der Waals surface area contributed by atoms with E-state index in [-0.39, 0.29) is 33.8 Å². The van der Waals surface area contributed by atoms with Crippen LogP contribution in [0.25, 0.3) is 0 Å². The Morgan fingerprint density at radius 2 is 1.84 bits per heavy atom. The largest absolute Gasteiger partial charge is 0.465 e. The van der Waals surface area contributed by atoms with E-state index in [2.05, 4.69) is 20.2 Å². The van der Waals surface area contributed by atoms with Gasteiger partial charge in [0, 0.05) is 11.8 Å². The fourth-order valence-electron chi connectivity index (χ4n) is 2.66. The number of pyridine rings is 1. The first-order chi connectivity index (χ1) is 15.3. The molecule has 2 aromatic rings. The van der Waals surface area contributed by atoms with Gasteiger partial charge in [-0.15, -0.1) is 0 Å². The summed E-state index contributed by atoms with van der Waals surface area (Å²) < 4.78 is 29.4. The van der Waals surface area contributed by atoms with Gasteiger partial charge in [-0.25, -0.2) is 18.2 Å². The van der Waals surface area contributed by atoms with Crippen molar-refractivity contribution in [3.63, 3.8) is 0 Å². The van der Waals surface area contributed by atoms with Crippen molar-refractivity contribution in [3.05, 3.63) is 53.7 Å². The van der Waals surface area contributed by atoms with Crippen LogP contribution < -0.4 is 5.32 Å². The molecule has 0 aliphatic heterocycles. The number of carbonyl (C=O) groups excluding carboxylic acids is 2. The normalized spacial score (nSPS) is 15.0. The van der Waals surface area contributed by atoms with Crippen molar-refractivity contribution in [2.75, 3.05) is 19.0 Å². The topological polar surface area (TPSA) is 144 Å². The summed E-state index contributed by atoms with van der Waals surface area (Å²) in [7, 11) is -2.13. The Morgan fingerprint density at radius 3 is 2.38 bits per heavy atom. The highest BCUT2D eigenvalue weighted by atomic mass is 32.2. The third kappa shape index (κ3) is 5.48. The predicted octanol–water partition coefficient (Wildman–Crippen LogP) is 1.54. The number of hydrogen-bond donors (Lipinski definition) is 2. The lowest BCUT2D eigenvalue weighted by molar-refractivity contribution is -0.110. The standard InChI is InChI=1S/C21H23N3O7S/c1-13(12-25)31-24-19(14-3-6-16(7-4-14)32(28,29)17-8-9-17)20(26)23-18-10-5-15(11-22-18)21(27)30-2/h3-7,10-11,13,17,25H,8-9,12H2,1-2H3,(H,22,23,26)/t13-/m1/s1. The highest BCUT2D eigenvalue weighted by Gasteiger charge is 2.36. The number of aliphatic hydroxyl groups is 1. The van der Waals surface area contributed by atoms with Crippen LogP contribution in [0, 0.1) is 0 Å². The SMILES string of the molecule is COC(=O)c1ccc(NC(=O)C(=NO[C@H](C)CO)c2ccc(S(=O)(=O)C3CC3)cc2)nc1. The summed E-state index contributed by atoms with van der Waals surface area (Å²) in [6.07, 6.45) is 1.88. The maximum absolute atomic E-state index is 12.9. The number of nitrogens with one attached hydrogen (secondary N) is 1. The van der Waals surface area contributed by atoms with Crippen LogP contribution in [0.2, 0.25) is 0 Å². The molecule has 1 atom stereocenters. The van der Waals surface area contributed by atoms with Crippen LogP contribution in [0.4, 0.5) is 5.82 Å². The zero-order chi connectivity index (χ0) is 23.3. The Labute approximate surface area is 185 Å². The first-order valence-corrected chi connectivity index (χ1v) is 11.4. The van der Waals surface area contributed by atoms with Gasteiger partial charge >= 0.3 is 5.97 Å². The molecule has 0 spiro atoms. The van der Waals surface area contributed by atoms with Gasteiger partial charge in [0.05, 0.1) is 29.4 Å². The van der Waals surface area contributed by atoms with Crippen molar-refractivity contribution in [2.24, 2.45) is 5.16 Å². The number of esters is 1. The molecule has 0 bridgehead atoms. The van der Waals surface area contributed by atoms with Crippen molar-refractivity contribution in [1.29, 1.82) is 0 Å². The minimum atomic E-state index is -3.37. The second-order valence-corrected chi connectivity index (χ2v) is 9.41. The van der Waals surface area contributed by atoms with Crippen molar-refractivity contribution >= 4 is 33.2 Å². The van der Waals surface area contributed by atoms with Crippen molar-refractivity contribution in [3.8, 4) is 0 Å². The summed E-state index contributed by atoms with van der Waals surface area (Å²) in [6.45, 7) is 1.25. The van der Waals surface area contributed by atoms with Crippen molar-refractivity contribution < 1.29 is 32.7 Å². The Kier molecular flexibility index (Phi) is 7.21. The third-order valence-corrected chi connectivity index (χ3v) is 6.92. The Balaban J connectivity index is 1.83. The van der Waals surface area contributed by atoms with Crippen LogP contribution in [0.5, 0.6) is 0 Å². The minimum absolute atomic E-state index is 0.139. The summed E-state index contributed by atoms with van der Waals surface area (Å²) >= 11 is 0. The van der Waals surface area contributed by atoms with Gasteiger partial charge in [0.2, 0.25) is 0 Å². The van der Waals surface area contributed by atoms with E-state index in [1.807, 2.05) is 0 Å². The molecule has 1 aromatic heterocycles. The van der Waals surface area contributed by atoms with Gasteiger partial charge in [-0.3, -0.25) is 4.79 Å². The molecule has 0 unspecified atom stereocenters. The smallest absolute Gasteiger partial charge is 0.339 e. The maximum Gasteiger partial charge on any atom is 0.339 e. The van der Waals surface area contributed by atoms with Gasteiger partial charge in [-0.2, -0.15) is 0 Å². The number of amides is 1. The fraction of sp³-hybridized carbons (Fsp3) is 0.333. The monoisotopic (exact) mass is 461 g/mol. The number of hydrogen-bond acceptors (Lipinski definition) is 9. The summed E-state index contributed by atoms with van der Waals surface area (Å²) in [4.78, 5) is 33.7. The molecular formula is C21H23N3O7S. The Morgan fingerprint density at radius 1 is 1.19 bits per heavy atom. The molecule has 3 rings (SSSR count). The lowest BCUT2D eigenvalue weighted by Crippen LogP contribution is -2.26. The number of oxime groups is 1. The Bertz CT molecular complexity index is 1110. The van der Waals surface area contributed by atoms with E-state index >= 15 is 0 Å². The quantitative estimate of drug-likeness (QED) is 0.325. The number of rotatable bonds is 9. The molecular weight excluding hydrogens is 438 g/mol. The van der Waals surface area contributed by atoms with Gasteiger partial charge in [0.1, 0.15) is 11.9 Å². The number of aliphatic hydroxyl groups excluding tert-OH is 1. The van der Waals surface area contributed by atoms with Crippen molar-refractivity contribution in [2.45, 2.75) is 36.0 Å². The molecule has 1 aliphatic carbocycles. The highest BCUT2D eigenvalue weighted by molar-refractivity contribution is 7.92. The summed E-state index contributed by atoms with van der Waals surface area (Å²) in [6, 6.07) is 8.63. The summed E-state index contributed by atoms with van der Waals surface area (Å²) in [5.74, 6) is -1.09. The third-order valence-electron chi connectivity index (χ3n) is 4.64. The molecule has 1 aromatic carbocycles. The predicted molar refractivity (Wildman–Crippen MR) is 115 cm³/mol. The number of nitrogens with zero attached hydrogens (tertiary/aromatic N) is 2. The zero-order valence-corrected chi connectivity index (χ0v) is 18.3. The average Bonchev–Trinajstić information content (AvgIpc) is 3.65. The van der Waals surface area contributed by atoms with Crippen LogP contribution in [0.15, 0.2) is 52.6 Å². The summed E-state index contributed by atoms with van der Waals surface area (Å²) in [5.41, 5.74) is 0.389. The van der Waals surface area contributed by atoms with E-state index in [1.165, 1.54) is 49.7 Å². The average molecular weight is 461 g/mol. The molecule has 1 aliphatic rings. The molecule has 32 heavy (non-hydrogen) atoms. The van der Waals surface area contributed by atoms with Crippen molar-refractivity contribution in [1.82, 2.24) is 4.98 Å². The van der Waals surface area contributed by atoms with Crippen LogP contribution >= 0.6 is 0 Å². The van der Waals surface area contributed by atoms with Gasteiger partial charge in [-0.05, 0) is 44.0 Å². The number of ether oxygens (including phenoxy) is 1. The van der Waals surface area contributed by atoms with E-state index in [9.17, 15) is 18.0 Å². The van der Waals surface area contributed by atoms with Crippen LogP contribution in [-0.2, 0) is 24.2 Å². The molecule has 1 amide bonds. The number of sulfone groups is 1. The molecule has 1 heterocycles. The molecule has 1 saturated carbocycles. The van der Waals surface area contributed by atoms with Gasteiger partial charge in [0.25, 0.3) is 5.91 Å². The number of carbonyl (C=O) groups is 2. The molecule has 0 saturated heterocycles. The number of benzene rings is 1. The molecule has 0 radical (unpaired) electrons. The van der Waals surface area contributed by atoms with Gasteiger partial charge in [0.15, 0.2) is 15.5 Å². The maximum atomic E-state index is 12.9. The Hall–Kier alpha value is -3.31. The lowest BCUT2D eigenvalue weighted by atomic mass is 10.1. The molecule has 170 valence electrons. The molecule has 1 fully saturated rings. The van der Waals surface area contributed by atoms with Gasteiger partial charge < -0.3 is 20.0 Å². The lowest BCUT2D eigenvalue weighted by Gasteiger charge is -2.11. The van der Waals surface area contributed by atoms with E-state index < -0.39 is 27.8 Å². The number of anilines is 1. The number of aromatic nitrogens is 1. The highest BCUT2D eigenvalue weighted by Crippen LogP contribution is 2.33. The van der Waals surface area contributed by atoms with E-state index in [1.54, 1.807) is 6.92 Å². The van der Waals surface area contributed by atoms with Crippen LogP contribution in [0.1, 0.15) is 35.7 Å². The zero-order valence-electron chi connectivity index (χ0n) is 17.5. The van der Waals surface area contributed by atoms with E-state index in [4.69, 9.17) is 9.94 Å². The second-order valence-electron chi connectivity index (χ2n) is 7.19. The summed E-state index contributed by atoms with van der Waals surface area (Å²) in [5, 5.41) is 15.2. The van der Waals surface area contributed by atoms with Crippen LogP contribution in [0.3, 0.4) is 0 Å². The van der Waals surface area contributed by atoms with Crippen LogP contribution in [-0.4, -0.2) is 61.2 Å². The van der Waals surface area contributed by atoms with Gasteiger partial charge in [-0.1, -0.05) is 17.3 Å². The fourth-order valence-corrected chi connectivity index (χ4v) is 4.31. The number of methoxy groups -OCH3 is 1. The molecule has 11 heteroatoms. The first kappa shape index (κ1) is 23.4. The van der Waals surface area contributed by atoms with E-state index in [0.29, 0.717) is 18.4 Å². The van der Waals surface area contributed by atoms with E-state index in [0.717, 1.165) is 0 Å². The second kappa shape index (κ2) is 9.88. The molecule has 2 N–H and O–H groups in total. The molecule has 10 nitrogen and oxygen atoms in total. The minimum Gasteiger partial charge on any atom is -0.465 e.